The van der Waals surface area contributed by atoms with E-state index in [1.165, 1.54) is 0 Å². The molecule has 72 valence electrons. The van der Waals surface area contributed by atoms with E-state index in [2.05, 4.69) is 19.9 Å². The number of carbonyl (C=O) groups excluding carboxylic acids is 1. The van der Waals surface area contributed by atoms with Gasteiger partial charge in [0.25, 0.3) is 0 Å². The predicted molar refractivity (Wildman–Crippen MR) is 57.8 cm³/mol. The molecule has 1 aromatic carbocycles. The van der Waals surface area contributed by atoms with Gasteiger partial charge in [0.1, 0.15) is 0 Å². The molecule has 1 aliphatic carbocycles. The fraction of sp³-hybridized carbons (Fsp3) is 0.417. The third-order valence-corrected chi connectivity index (χ3v) is 5.32. The molecule has 0 aromatic heterocycles. The average molecular weight is 204 g/mol. The van der Waals surface area contributed by atoms with Crippen LogP contribution < -0.4 is 0 Å². The lowest BCUT2D eigenvalue weighted by Crippen LogP contribution is -2.25. The Labute approximate surface area is 87.9 Å². The topological polar surface area (TPSA) is 17.1 Å². The van der Waals surface area contributed by atoms with E-state index >= 15 is 0 Å². The Morgan fingerprint density at radius 3 is 2.79 bits per heavy atom. The van der Waals surface area contributed by atoms with E-state index in [1.807, 2.05) is 30.0 Å². The molecule has 1 saturated carbocycles. The van der Waals surface area contributed by atoms with E-state index in [0.29, 0.717) is 5.78 Å². The van der Waals surface area contributed by atoms with Crippen LogP contribution in [0.4, 0.5) is 0 Å². The maximum Gasteiger partial charge on any atom is 0.171 e. The molecule has 1 aliphatic heterocycles. The number of hydrogen-bond donors (Lipinski definition) is 0. The summed E-state index contributed by atoms with van der Waals surface area (Å²) in [5, 5.41) is 0. The molecule has 0 amide bonds. The Bertz CT molecular complexity index is 440. The Kier molecular flexibility index (Phi) is 1.37. The zero-order valence-electron chi connectivity index (χ0n) is 8.33. The minimum absolute atomic E-state index is 0.0913. The summed E-state index contributed by atoms with van der Waals surface area (Å²) in [6, 6.07) is 7.97. The molecule has 1 fully saturated rings. The summed E-state index contributed by atoms with van der Waals surface area (Å²) in [4.78, 5) is 13.3. The normalized spacial score (nSPS) is 38.9. The van der Waals surface area contributed by atoms with Crippen molar-refractivity contribution in [2.45, 2.75) is 29.9 Å². The molecular weight excluding hydrogens is 192 g/mol. The van der Waals surface area contributed by atoms with E-state index in [4.69, 9.17) is 0 Å². The van der Waals surface area contributed by atoms with Crippen LogP contribution in [0.25, 0.3) is 0 Å². The fourth-order valence-electron chi connectivity index (χ4n) is 2.38. The molecule has 2 unspecified atom stereocenters. The lowest BCUT2D eigenvalue weighted by molar-refractivity contribution is 0.0901. The van der Waals surface area contributed by atoms with Crippen LogP contribution in [0.1, 0.15) is 30.6 Å². The van der Waals surface area contributed by atoms with E-state index in [1.54, 1.807) is 0 Å². The van der Waals surface area contributed by atoms with Crippen LogP contribution in [0.15, 0.2) is 29.2 Å². The highest BCUT2D eigenvalue weighted by molar-refractivity contribution is 8.01. The van der Waals surface area contributed by atoms with Crippen LogP contribution in [0, 0.1) is 5.41 Å². The first kappa shape index (κ1) is 8.54. The van der Waals surface area contributed by atoms with Gasteiger partial charge in [-0.1, -0.05) is 25.1 Å². The van der Waals surface area contributed by atoms with Gasteiger partial charge in [-0.15, -0.1) is 11.8 Å². The molecule has 1 heterocycles. The molecule has 3 rings (SSSR count). The molecule has 0 spiro atoms. The van der Waals surface area contributed by atoms with Gasteiger partial charge in [0.2, 0.25) is 0 Å². The quantitative estimate of drug-likeness (QED) is 0.645. The number of rotatable bonds is 0. The largest absolute Gasteiger partial charge is 0.293 e. The minimum Gasteiger partial charge on any atom is -0.293 e. The minimum atomic E-state index is -0.0913. The van der Waals surface area contributed by atoms with Gasteiger partial charge in [0, 0.05) is 20.6 Å². The molecule has 1 nitrogen and oxygen atoms in total. The van der Waals surface area contributed by atoms with Crippen LogP contribution in [-0.2, 0) is 0 Å². The number of thioether (sulfide) groups is 1. The van der Waals surface area contributed by atoms with Gasteiger partial charge in [0.05, 0.1) is 0 Å². The number of ketones is 1. The zero-order chi connectivity index (χ0) is 9.97. The van der Waals surface area contributed by atoms with E-state index < -0.39 is 0 Å². The van der Waals surface area contributed by atoms with Crippen LogP contribution in [0.2, 0.25) is 0 Å². The molecule has 14 heavy (non-hydrogen) atoms. The highest BCUT2D eigenvalue weighted by Crippen LogP contribution is 2.70. The summed E-state index contributed by atoms with van der Waals surface area (Å²) in [6.45, 7) is 4.30. The van der Waals surface area contributed by atoms with Crippen molar-refractivity contribution in [3.63, 3.8) is 0 Å². The van der Waals surface area contributed by atoms with Crippen molar-refractivity contribution in [1.29, 1.82) is 0 Å². The molecular formula is C12H12OS. The average Bonchev–Trinajstić information content (AvgIpc) is 2.70. The van der Waals surface area contributed by atoms with Crippen LogP contribution in [0.3, 0.4) is 0 Å². The van der Waals surface area contributed by atoms with E-state index in [9.17, 15) is 4.79 Å². The maximum absolute atomic E-state index is 12.2. The van der Waals surface area contributed by atoms with Crippen molar-refractivity contribution in [1.82, 2.24) is 0 Å². The highest BCUT2D eigenvalue weighted by atomic mass is 32.2. The Morgan fingerprint density at radius 2 is 2.00 bits per heavy atom. The Morgan fingerprint density at radius 1 is 1.29 bits per heavy atom. The van der Waals surface area contributed by atoms with Crippen molar-refractivity contribution < 1.29 is 4.79 Å². The number of hydrogen-bond acceptors (Lipinski definition) is 2. The molecule has 0 radical (unpaired) electrons. The summed E-state index contributed by atoms with van der Waals surface area (Å²) in [7, 11) is 0. The third kappa shape index (κ3) is 0.806. The summed E-state index contributed by atoms with van der Waals surface area (Å²) >= 11 is 1.87. The summed E-state index contributed by atoms with van der Waals surface area (Å²) in [6.07, 6.45) is 1.03. The summed E-state index contributed by atoms with van der Waals surface area (Å²) < 4.78 is 0.165. The fourth-order valence-corrected chi connectivity index (χ4v) is 3.96. The molecule has 2 heteroatoms. The van der Waals surface area contributed by atoms with Gasteiger partial charge < -0.3 is 0 Å². The molecule has 0 N–H and O–H groups in total. The maximum atomic E-state index is 12.2. The van der Waals surface area contributed by atoms with E-state index in [-0.39, 0.29) is 10.2 Å². The number of carbonyl (C=O) groups is 1. The Balaban J connectivity index is 2.20. The van der Waals surface area contributed by atoms with Gasteiger partial charge >= 0.3 is 0 Å². The second-order valence-corrected chi connectivity index (χ2v) is 6.21. The molecule has 1 aromatic rings. The van der Waals surface area contributed by atoms with Gasteiger partial charge in [-0.2, -0.15) is 0 Å². The van der Waals surface area contributed by atoms with Crippen LogP contribution in [0.5, 0.6) is 0 Å². The van der Waals surface area contributed by atoms with Crippen molar-refractivity contribution in [3.8, 4) is 0 Å². The van der Waals surface area contributed by atoms with Crippen LogP contribution >= 0.6 is 11.8 Å². The van der Waals surface area contributed by atoms with Crippen LogP contribution in [-0.4, -0.2) is 10.5 Å². The number of fused-ring (bicyclic) bond motifs is 2. The second kappa shape index (κ2) is 2.25. The lowest BCUT2D eigenvalue weighted by Gasteiger charge is -2.24. The standard InChI is InChI=1S/C12H12OS/c1-11-7-12(11,2)14-9-6-4-3-5-8(9)10(11)13/h3-6H,7H2,1-2H3. The monoisotopic (exact) mass is 204 g/mol. The first-order valence-electron chi connectivity index (χ1n) is 4.90. The lowest BCUT2D eigenvalue weighted by atomic mass is 9.94. The van der Waals surface area contributed by atoms with Gasteiger partial charge in [0.15, 0.2) is 5.78 Å². The zero-order valence-corrected chi connectivity index (χ0v) is 9.15. The van der Waals surface area contributed by atoms with Gasteiger partial charge in [-0.3, -0.25) is 4.79 Å². The molecule has 0 saturated heterocycles. The molecule has 2 atom stereocenters. The highest BCUT2D eigenvalue weighted by Gasteiger charge is 2.68. The predicted octanol–water partition coefficient (Wildman–Crippen LogP) is 3.14. The number of benzene rings is 1. The number of Topliss-reactive ketones (excluding diaryl/α,β-unsaturated/α-hetero) is 1. The smallest absolute Gasteiger partial charge is 0.171 e. The van der Waals surface area contributed by atoms with Crippen molar-refractivity contribution >= 4 is 17.5 Å². The van der Waals surface area contributed by atoms with Crippen molar-refractivity contribution in [3.05, 3.63) is 29.8 Å². The van der Waals surface area contributed by atoms with Crippen molar-refractivity contribution in [2.24, 2.45) is 5.41 Å². The third-order valence-electron chi connectivity index (χ3n) is 3.70. The Hall–Kier alpha value is -0.760. The molecule has 2 aliphatic rings. The first-order chi connectivity index (χ1) is 6.57. The molecule has 0 bridgehead atoms. The second-order valence-electron chi connectivity index (χ2n) is 4.67. The van der Waals surface area contributed by atoms with E-state index in [0.717, 1.165) is 16.9 Å². The van der Waals surface area contributed by atoms with Gasteiger partial charge in [-0.25, -0.2) is 0 Å². The summed E-state index contributed by atoms with van der Waals surface area (Å²) in [5.41, 5.74) is 0.835. The summed E-state index contributed by atoms with van der Waals surface area (Å²) in [5.74, 6) is 0.342. The van der Waals surface area contributed by atoms with Gasteiger partial charge in [-0.05, 0) is 19.4 Å². The first-order valence-corrected chi connectivity index (χ1v) is 5.71. The SMILES string of the molecule is CC12CC1(C)C(=O)c1ccccc1S2. The van der Waals surface area contributed by atoms with Crippen molar-refractivity contribution in [2.75, 3.05) is 0 Å².